The van der Waals surface area contributed by atoms with Gasteiger partial charge < -0.3 is 29.7 Å². The Balaban J connectivity index is 0.00000364. The molecule has 1 unspecified atom stereocenters. The number of piperidine rings is 1. The van der Waals surface area contributed by atoms with E-state index in [9.17, 15) is 4.79 Å². The zero-order valence-electron chi connectivity index (χ0n) is 16.6. The minimum Gasteiger partial charge on any atom is -0.450 e. The Morgan fingerprint density at radius 1 is 1.30 bits per heavy atom. The molecule has 0 aromatic rings. The van der Waals surface area contributed by atoms with E-state index in [1.54, 1.807) is 11.9 Å². The highest BCUT2D eigenvalue weighted by Gasteiger charge is 2.24. The molecule has 1 atom stereocenters. The van der Waals surface area contributed by atoms with Crippen LogP contribution in [0.5, 0.6) is 0 Å². The summed E-state index contributed by atoms with van der Waals surface area (Å²) in [5.41, 5.74) is 0. The number of ether oxygens (including phenoxy) is 3. The second kappa shape index (κ2) is 14.2. The van der Waals surface area contributed by atoms with Crippen molar-refractivity contribution >= 4 is 36.0 Å². The monoisotopic (exact) mass is 498 g/mol. The molecule has 158 valence electrons. The summed E-state index contributed by atoms with van der Waals surface area (Å²) in [4.78, 5) is 17.8. The quantitative estimate of drug-likeness (QED) is 0.230. The van der Waals surface area contributed by atoms with Crippen molar-refractivity contribution in [3.8, 4) is 0 Å². The van der Waals surface area contributed by atoms with E-state index < -0.39 is 0 Å². The molecule has 0 radical (unpaired) electrons. The Morgan fingerprint density at radius 2 is 2.07 bits per heavy atom. The number of aliphatic imine (C=N–C) groups is 1. The van der Waals surface area contributed by atoms with Gasteiger partial charge in [0, 0.05) is 51.9 Å². The molecule has 1 amide bonds. The Morgan fingerprint density at radius 3 is 2.70 bits per heavy atom. The van der Waals surface area contributed by atoms with Gasteiger partial charge in [-0.2, -0.15) is 0 Å². The number of hydrogen-bond acceptors (Lipinski definition) is 5. The summed E-state index contributed by atoms with van der Waals surface area (Å²) in [5, 5.41) is 6.76. The summed E-state index contributed by atoms with van der Waals surface area (Å²) >= 11 is 0. The number of hydrogen-bond donors (Lipinski definition) is 2. The molecule has 8 nitrogen and oxygen atoms in total. The number of carbonyl (C=O) groups excluding carboxylic acids is 1. The average molecular weight is 498 g/mol. The van der Waals surface area contributed by atoms with Crippen LogP contribution in [-0.2, 0) is 14.2 Å². The molecule has 0 aromatic carbocycles. The number of carbonyl (C=O) groups is 1. The largest absolute Gasteiger partial charge is 0.450 e. The lowest BCUT2D eigenvalue weighted by atomic mass is 10.1. The smallest absolute Gasteiger partial charge is 0.409 e. The molecule has 2 saturated heterocycles. The van der Waals surface area contributed by atoms with Gasteiger partial charge in [0.15, 0.2) is 5.96 Å². The molecule has 2 fully saturated rings. The van der Waals surface area contributed by atoms with Crippen molar-refractivity contribution in [3.05, 3.63) is 0 Å². The molecule has 0 aliphatic carbocycles. The van der Waals surface area contributed by atoms with E-state index in [1.807, 2.05) is 6.92 Å². The van der Waals surface area contributed by atoms with Gasteiger partial charge in [-0.1, -0.05) is 0 Å². The number of halogens is 1. The topological polar surface area (TPSA) is 84.4 Å². The molecule has 2 aliphatic heterocycles. The SMILES string of the molecule is CCOC(=O)N1CCC(NC(=NC)NCCCOCC2CCOC2)CC1.I. The number of nitrogens with zero attached hydrogens (tertiary/aromatic N) is 2. The van der Waals surface area contributed by atoms with Crippen LogP contribution in [0.15, 0.2) is 4.99 Å². The van der Waals surface area contributed by atoms with Crippen LogP contribution in [0.1, 0.15) is 32.6 Å². The highest BCUT2D eigenvalue weighted by Crippen LogP contribution is 2.12. The molecule has 2 aliphatic rings. The van der Waals surface area contributed by atoms with Crippen molar-refractivity contribution in [1.82, 2.24) is 15.5 Å². The van der Waals surface area contributed by atoms with Gasteiger partial charge in [0.25, 0.3) is 0 Å². The second-order valence-electron chi connectivity index (χ2n) is 6.76. The average Bonchev–Trinajstić information content (AvgIpc) is 3.17. The predicted octanol–water partition coefficient (Wildman–Crippen LogP) is 1.83. The Kier molecular flexibility index (Phi) is 12.8. The Bertz CT molecular complexity index is 439. The molecular formula is C18H35IN4O4. The fourth-order valence-electron chi connectivity index (χ4n) is 3.15. The van der Waals surface area contributed by atoms with E-state index in [1.165, 1.54) is 0 Å². The van der Waals surface area contributed by atoms with Crippen LogP contribution in [0, 0.1) is 5.92 Å². The number of rotatable bonds is 8. The van der Waals surface area contributed by atoms with Gasteiger partial charge in [-0.25, -0.2) is 4.79 Å². The maximum absolute atomic E-state index is 11.7. The number of likely N-dealkylation sites (tertiary alicyclic amines) is 1. The Hall–Kier alpha value is -0.810. The third-order valence-corrected chi connectivity index (χ3v) is 4.72. The zero-order chi connectivity index (χ0) is 18.6. The lowest BCUT2D eigenvalue weighted by molar-refractivity contribution is 0.0888. The normalized spacial score (nSPS) is 20.9. The molecule has 0 saturated carbocycles. The van der Waals surface area contributed by atoms with Crippen molar-refractivity contribution in [2.75, 3.05) is 59.7 Å². The summed E-state index contributed by atoms with van der Waals surface area (Å²) in [7, 11) is 1.78. The van der Waals surface area contributed by atoms with Crippen LogP contribution in [0.3, 0.4) is 0 Å². The van der Waals surface area contributed by atoms with Crippen LogP contribution in [0.2, 0.25) is 0 Å². The van der Waals surface area contributed by atoms with Crippen molar-refractivity contribution < 1.29 is 19.0 Å². The summed E-state index contributed by atoms with van der Waals surface area (Å²) in [6.45, 7) is 7.76. The maximum atomic E-state index is 11.7. The van der Waals surface area contributed by atoms with Gasteiger partial charge in [-0.3, -0.25) is 4.99 Å². The predicted molar refractivity (Wildman–Crippen MR) is 116 cm³/mol. The minimum atomic E-state index is -0.211. The Labute approximate surface area is 179 Å². The van der Waals surface area contributed by atoms with Gasteiger partial charge in [-0.05, 0) is 32.6 Å². The highest BCUT2D eigenvalue weighted by atomic mass is 127. The highest BCUT2D eigenvalue weighted by molar-refractivity contribution is 14.0. The first-order valence-corrected chi connectivity index (χ1v) is 9.77. The van der Waals surface area contributed by atoms with E-state index in [4.69, 9.17) is 14.2 Å². The van der Waals surface area contributed by atoms with Gasteiger partial charge in [0.1, 0.15) is 0 Å². The third kappa shape index (κ3) is 9.29. The van der Waals surface area contributed by atoms with Crippen molar-refractivity contribution in [2.45, 2.75) is 38.6 Å². The fourth-order valence-corrected chi connectivity index (χ4v) is 3.15. The molecule has 27 heavy (non-hydrogen) atoms. The molecule has 2 N–H and O–H groups in total. The molecule has 0 aromatic heterocycles. The standard InChI is InChI=1S/C18H34N4O4.HI/c1-3-26-18(23)22-9-5-16(6-10-22)21-17(19-2)20-8-4-11-24-13-15-7-12-25-14-15;/h15-16H,3-14H2,1-2H3,(H2,19,20,21);1H. The minimum absolute atomic E-state index is 0. The number of guanidine groups is 1. The van der Waals surface area contributed by atoms with Crippen LogP contribution in [0.25, 0.3) is 0 Å². The first kappa shape index (κ1) is 24.2. The van der Waals surface area contributed by atoms with Crippen molar-refractivity contribution in [1.29, 1.82) is 0 Å². The van der Waals surface area contributed by atoms with Crippen LogP contribution in [0.4, 0.5) is 4.79 Å². The van der Waals surface area contributed by atoms with Crippen LogP contribution < -0.4 is 10.6 Å². The van der Waals surface area contributed by atoms with E-state index in [2.05, 4.69) is 15.6 Å². The summed E-state index contributed by atoms with van der Waals surface area (Å²) in [6.07, 6.45) is 3.63. The molecule has 9 heteroatoms. The maximum Gasteiger partial charge on any atom is 0.409 e. The van der Waals surface area contributed by atoms with Gasteiger partial charge in [-0.15, -0.1) is 24.0 Å². The second-order valence-corrected chi connectivity index (χ2v) is 6.76. The summed E-state index contributed by atoms with van der Waals surface area (Å²) < 4.78 is 16.1. The zero-order valence-corrected chi connectivity index (χ0v) is 18.9. The molecule has 0 bridgehead atoms. The third-order valence-electron chi connectivity index (χ3n) is 4.72. The number of amides is 1. The van der Waals surface area contributed by atoms with Crippen molar-refractivity contribution in [2.24, 2.45) is 10.9 Å². The molecular weight excluding hydrogens is 463 g/mol. The van der Waals surface area contributed by atoms with Crippen LogP contribution >= 0.6 is 24.0 Å². The number of nitrogens with one attached hydrogen (secondary N) is 2. The van der Waals surface area contributed by atoms with E-state index in [0.29, 0.717) is 31.7 Å². The van der Waals surface area contributed by atoms with Crippen molar-refractivity contribution in [3.63, 3.8) is 0 Å². The molecule has 2 rings (SSSR count). The van der Waals surface area contributed by atoms with Crippen LogP contribution in [-0.4, -0.2) is 82.7 Å². The van der Waals surface area contributed by atoms with E-state index in [0.717, 1.165) is 64.6 Å². The molecule has 2 heterocycles. The summed E-state index contributed by atoms with van der Waals surface area (Å²) in [5.74, 6) is 1.38. The first-order chi connectivity index (χ1) is 12.7. The first-order valence-electron chi connectivity index (χ1n) is 9.77. The van der Waals surface area contributed by atoms with E-state index >= 15 is 0 Å². The van der Waals surface area contributed by atoms with Gasteiger partial charge in [0.05, 0.1) is 19.8 Å². The summed E-state index contributed by atoms with van der Waals surface area (Å²) in [6, 6.07) is 0.325. The van der Waals surface area contributed by atoms with E-state index in [-0.39, 0.29) is 30.1 Å². The van der Waals surface area contributed by atoms with Gasteiger partial charge >= 0.3 is 6.09 Å². The fraction of sp³-hybridized carbons (Fsp3) is 0.889. The lowest BCUT2D eigenvalue weighted by Crippen LogP contribution is -2.50. The lowest BCUT2D eigenvalue weighted by Gasteiger charge is -2.32. The molecule has 0 spiro atoms. The van der Waals surface area contributed by atoms with Gasteiger partial charge in [0.2, 0.25) is 0 Å².